The van der Waals surface area contributed by atoms with Gasteiger partial charge >= 0.3 is 5.97 Å². The third-order valence-electron chi connectivity index (χ3n) is 12.7. The minimum Gasteiger partial charge on any atom is -0.480 e. The van der Waals surface area contributed by atoms with Crippen LogP contribution in [0.2, 0.25) is 0 Å². The number of fused-ring (bicyclic) bond motifs is 1. The van der Waals surface area contributed by atoms with E-state index in [9.17, 15) is 58.2 Å². The van der Waals surface area contributed by atoms with Crippen molar-refractivity contribution in [3.05, 3.63) is 36.0 Å². The number of carbonyl (C=O) groups excluding carboxylic acids is 9. The molecule has 2 saturated heterocycles. The van der Waals surface area contributed by atoms with Crippen molar-refractivity contribution in [2.24, 2.45) is 23.3 Å². The monoisotopic (exact) mass is 982 g/mol. The number of H-pyrrole nitrogens is 1. The zero-order valence-corrected chi connectivity index (χ0v) is 40.5. The van der Waals surface area contributed by atoms with Crippen LogP contribution in [-0.4, -0.2) is 147 Å². The van der Waals surface area contributed by atoms with Gasteiger partial charge in [-0.3, -0.25) is 43.2 Å². The normalized spacial score (nSPS) is 19.1. The molecule has 70 heavy (non-hydrogen) atoms. The molecule has 0 spiro atoms. The molecule has 0 saturated carbocycles. The molecule has 23 nitrogen and oxygen atoms in total. The Hall–Kier alpha value is -6.62. The second-order valence-electron chi connectivity index (χ2n) is 18.7. The van der Waals surface area contributed by atoms with Gasteiger partial charge in [0.25, 0.3) is 0 Å². The van der Waals surface area contributed by atoms with Gasteiger partial charge in [-0.1, -0.05) is 52.3 Å². The lowest BCUT2D eigenvalue weighted by molar-refractivity contribution is -0.144. The number of carbonyl (C=O) groups is 10. The van der Waals surface area contributed by atoms with Crippen molar-refractivity contribution < 1.29 is 58.2 Å². The highest BCUT2D eigenvalue weighted by Crippen LogP contribution is 2.23. The van der Waals surface area contributed by atoms with Crippen molar-refractivity contribution in [1.29, 1.82) is 0 Å². The SMILES string of the molecule is CC[C@H](C)[C@H](NC(=O)[C@H](CCC(N)=O)NC(=O)[C@@H]1CCCN1)C(=O)N1CCC[C@H]1C(=O)N[C@H](C(=O)N[C@@H](CC(C)C)C(=O)N[C@@H](Cc1c[nH]c2ccccc12)C(=O)N[C@@H](CCC(N)=O)C(=O)O)[C@@H](C)O. The maximum absolute atomic E-state index is 14.4. The van der Waals surface area contributed by atoms with Gasteiger partial charge in [0.15, 0.2) is 0 Å². The smallest absolute Gasteiger partial charge is 0.326 e. The maximum Gasteiger partial charge on any atom is 0.326 e. The van der Waals surface area contributed by atoms with Crippen LogP contribution in [0.25, 0.3) is 10.9 Å². The molecule has 2 aliphatic rings. The van der Waals surface area contributed by atoms with Crippen LogP contribution >= 0.6 is 0 Å². The minimum atomic E-state index is -1.64. The lowest BCUT2D eigenvalue weighted by Crippen LogP contribution is -2.62. The van der Waals surface area contributed by atoms with E-state index in [1.807, 2.05) is 6.92 Å². The average Bonchev–Trinajstić information content (AvgIpc) is 4.11. The summed E-state index contributed by atoms with van der Waals surface area (Å²) < 4.78 is 0. The lowest BCUT2D eigenvalue weighted by Gasteiger charge is -2.33. The van der Waals surface area contributed by atoms with E-state index in [4.69, 9.17) is 11.5 Å². The molecule has 0 aliphatic carbocycles. The van der Waals surface area contributed by atoms with Crippen molar-refractivity contribution in [2.75, 3.05) is 13.1 Å². The van der Waals surface area contributed by atoms with Gasteiger partial charge in [-0.15, -0.1) is 0 Å². The first-order chi connectivity index (χ1) is 33.1. The number of nitrogens with one attached hydrogen (secondary N) is 8. The third kappa shape index (κ3) is 16.0. The molecule has 3 heterocycles. The predicted molar refractivity (Wildman–Crippen MR) is 254 cm³/mol. The van der Waals surface area contributed by atoms with Gasteiger partial charge in [0, 0.05) is 42.9 Å². The van der Waals surface area contributed by atoms with Gasteiger partial charge in [0.1, 0.15) is 42.3 Å². The number of amides is 9. The van der Waals surface area contributed by atoms with E-state index in [1.165, 1.54) is 11.8 Å². The van der Waals surface area contributed by atoms with E-state index in [0.717, 1.165) is 17.3 Å². The predicted octanol–water partition coefficient (Wildman–Crippen LogP) is -1.55. The molecule has 14 N–H and O–H groups in total. The number of carboxylic acid groups (broad SMARTS) is 1. The van der Waals surface area contributed by atoms with Gasteiger partial charge in [-0.05, 0) is 81.9 Å². The number of rotatable bonds is 27. The highest BCUT2D eigenvalue weighted by molar-refractivity contribution is 5.98. The van der Waals surface area contributed by atoms with Gasteiger partial charge < -0.3 is 68.8 Å². The van der Waals surface area contributed by atoms with Crippen LogP contribution in [0, 0.1) is 11.8 Å². The molecule has 2 aliphatic heterocycles. The molecule has 1 aromatic heterocycles. The molecule has 0 unspecified atom stereocenters. The second-order valence-corrected chi connectivity index (χ2v) is 18.7. The summed E-state index contributed by atoms with van der Waals surface area (Å²) in [6, 6.07) is -2.76. The topological polar surface area (TPSA) is 366 Å². The molecule has 23 heteroatoms. The average molecular weight is 982 g/mol. The van der Waals surface area contributed by atoms with Gasteiger partial charge in [-0.25, -0.2) is 4.79 Å². The first kappa shape index (κ1) is 56.0. The van der Waals surface area contributed by atoms with E-state index in [0.29, 0.717) is 31.4 Å². The summed E-state index contributed by atoms with van der Waals surface area (Å²) >= 11 is 0. The van der Waals surface area contributed by atoms with E-state index >= 15 is 0 Å². The molecule has 2 fully saturated rings. The molecule has 0 radical (unpaired) electrons. The fourth-order valence-corrected chi connectivity index (χ4v) is 8.59. The second kappa shape index (κ2) is 26.4. The summed E-state index contributed by atoms with van der Waals surface area (Å²) in [5.41, 5.74) is 11.9. The number of nitrogens with two attached hydrogens (primary N) is 2. The highest BCUT2D eigenvalue weighted by atomic mass is 16.4. The fourth-order valence-electron chi connectivity index (χ4n) is 8.59. The summed E-state index contributed by atoms with van der Waals surface area (Å²) in [5.74, 6) is -8.81. The van der Waals surface area contributed by atoms with E-state index in [1.54, 1.807) is 51.2 Å². The van der Waals surface area contributed by atoms with Gasteiger partial charge in [0.2, 0.25) is 53.2 Å². The van der Waals surface area contributed by atoms with Crippen molar-refractivity contribution in [3.8, 4) is 0 Å². The Labute approximate surface area is 406 Å². The van der Waals surface area contributed by atoms with Crippen LogP contribution in [-0.2, 0) is 54.4 Å². The standard InChI is InChI=1S/C47H71N11O12/c1-6-25(4)38(56-41(63)31(15-17-36(48)60)52-40(62)30-13-9-19-50-30)46(68)58-20-10-14-35(58)44(66)57-39(26(5)59)45(67)55-33(21-24(2)3)42(64)54-34(22-27-23-51-29-12-8-7-11-28(27)29)43(65)53-32(47(69)70)16-18-37(49)61/h7-8,11-12,23-26,30-35,38-39,50-51,59H,6,9-10,13-22H2,1-5H3,(H2,48,60)(H2,49,61)(H,52,62)(H,53,65)(H,54,64)(H,55,67)(H,56,63)(H,57,66)(H,69,70)/t25-,26+,30-,31-,32-,33-,34-,35-,38-,39-/m0/s1. The Morgan fingerprint density at radius 3 is 1.94 bits per heavy atom. The quantitative estimate of drug-likeness (QED) is 0.0483. The Bertz CT molecular complexity index is 2210. The molecule has 386 valence electrons. The maximum atomic E-state index is 14.4. The number of primary amides is 2. The van der Waals surface area contributed by atoms with E-state index < -0.39 is 119 Å². The number of hydrogen-bond acceptors (Lipinski definition) is 12. The molecule has 10 atom stereocenters. The van der Waals surface area contributed by atoms with E-state index in [2.05, 4.69) is 42.2 Å². The van der Waals surface area contributed by atoms with Crippen molar-refractivity contribution in [3.63, 3.8) is 0 Å². The number of carboxylic acids is 1. The van der Waals surface area contributed by atoms with Crippen LogP contribution in [0.3, 0.4) is 0 Å². The number of aromatic nitrogens is 1. The summed E-state index contributed by atoms with van der Waals surface area (Å²) in [6.45, 7) is 9.09. The zero-order valence-electron chi connectivity index (χ0n) is 40.5. The Kier molecular flexibility index (Phi) is 21.1. The molecule has 0 bridgehead atoms. The Morgan fingerprint density at radius 2 is 1.34 bits per heavy atom. The number of para-hydroxylation sites is 1. The number of likely N-dealkylation sites (tertiary alicyclic amines) is 1. The number of aliphatic hydroxyl groups is 1. The van der Waals surface area contributed by atoms with Crippen molar-refractivity contribution in [1.82, 2.24) is 47.1 Å². The van der Waals surface area contributed by atoms with Crippen LogP contribution in [0.1, 0.15) is 104 Å². The van der Waals surface area contributed by atoms with Crippen molar-refractivity contribution in [2.45, 2.75) is 160 Å². The van der Waals surface area contributed by atoms with Crippen LogP contribution < -0.4 is 48.7 Å². The van der Waals surface area contributed by atoms with Crippen LogP contribution in [0.4, 0.5) is 0 Å². The van der Waals surface area contributed by atoms with E-state index in [-0.39, 0.29) is 57.4 Å². The summed E-state index contributed by atoms with van der Waals surface area (Å²) in [6.07, 6.45) is 1.33. The Morgan fingerprint density at radius 1 is 0.729 bits per heavy atom. The molecular formula is C47H71N11O12. The zero-order chi connectivity index (χ0) is 51.8. The fraction of sp³-hybridized carbons (Fsp3) is 0.617. The van der Waals surface area contributed by atoms with Gasteiger partial charge in [-0.2, -0.15) is 0 Å². The summed E-state index contributed by atoms with van der Waals surface area (Å²) in [5, 5.41) is 40.1. The molecule has 2 aromatic rings. The largest absolute Gasteiger partial charge is 0.480 e. The number of hydrogen-bond donors (Lipinski definition) is 12. The molecule has 4 rings (SSSR count). The van der Waals surface area contributed by atoms with Crippen LogP contribution in [0.5, 0.6) is 0 Å². The van der Waals surface area contributed by atoms with Gasteiger partial charge in [0.05, 0.1) is 12.1 Å². The highest BCUT2D eigenvalue weighted by Gasteiger charge is 2.42. The summed E-state index contributed by atoms with van der Waals surface area (Å²) in [4.78, 5) is 137. The number of aliphatic carboxylic acids is 1. The lowest BCUT2D eigenvalue weighted by atomic mass is 9.96. The third-order valence-corrected chi connectivity index (χ3v) is 12.7. The molecular weight excluding hydrogens is 911 g/mol. The number of aromatic amines is 1. The number of aliphatic hydroxyl groups excluding tert-OH is 1. The van der Waals surface area contributed by atoms with Crippen LogP contribution in [0.15, 0.2) is 30.5 Å². The number of benzene rings is 1. The summed E-state index contributed by atoms with van der Waals surface area (Å²) in [7, 11) is 0. The Balaban J connectivity index is 1.52. The number of nitrogens with zero attached hydrogens (tertiary/aromatic N) is 1. The molecule has 9 amide bonds. The first-order valence-electron chi connectivity index (χ1n) is 24.0. The van der Waals surface area contributed by atoms with Crippen molar-refractivity contribution >= 4 is 70.0 Å². The first-order valence-corrected chi connectivity index (χ1v) is 24.0. The molecule has 1 aromatic carbocycles. The minimum absolute atomic E-state index is 0.0218.